The van der Waals surface area contributed by atoms with Crippen LogP contribution in [0.3, 0.4) is 0 Å². The zero-order valence-corrected chi connectivity index (χ0v) is 32.1. The molecule has 0 fully saturated rings. The fourth-order valence-corrected chi connectivity index (χ4v) is 7.77. The van der Waals surface area contributed by atoms with Gasteiger partial charge in [-0.1, -0.05) is 163 Å². The highest BCUT2D eigenvalue weighted by Crippen LogP contribution is 2.46. The quantitative estimate of drug-likeness (QED) is 0.136. The van der Waals surface area contributed by atoms with Crippen molar-refractivity contribution in [2.75, 3.05) is 4.90 Å². The van der Waals surface area contributed by atoms with Crippen molar-refractivity contribution < 1.29 is 0 Å². The van der Waals surface area contributed by atoms with Crippen LogP contribution in [0.4, 0.5) is 17.1 Å². The lowest BCUT2D eigenvalue weighted by molar-refractivity contribution is 1.18. The van der Waals surface area contributed by atoms with Crippen LogP contribution >= 0.6 is 0 Å². The third-order valence-corrected chi connectivity index (χ3v) is 10.5. The Labute approximate surface area is 338 Å². The molecule has 5 nitrogen and oxygen atoms in total. The molecule has 2 heterocycles. The van der Waals surface area contributed by atoms with E-state index >= 15 is 0 Å². The van der Waals surface area contributed by atoms with Crippen molar-refractivity contribution in [1.82, 2.24) is 4.57 Å². The number of nitrogens with one attached hydrogen (secondary N) is 1. The summed E-state index contributed by atoms with van der Waals surface area (Å²) in [5.74, 6) is 0.445. The number of hydrogen-bond donors (Lipinski definition) is 2. The van der Waals surface area contributed by atoms with E-state index in [0.29, 0.717) is 11.4 Å². The van der Waals surface area contributed by atoms with Gasteiger partial charge in [0.2, 0.25) is 0 Å². The van der Waals surface area contributed by atoms with Crippen molar-refractivity contribution in [1.29, 1.82) is 5.41 Å². The molecule has 0 atom stereocenters. The van der Waals surface area contributed by atoms with Crippen molar-refractivity contribution in [2.45, 2.75) is 6.92 Å². The van der Waals surface area contributed by atoms with E-state index in [9.17, 15) is 0 Å². The summed E-state index contributed by atoms with van der Waals surface area (Å²) in [5, 5.41) is 11.1. The van der Waals surface area contributed by atoms with Crippen molar-refractivity contribution in [3.63, 3.8) is 0 Å². The lowest BCUT2D eigenvalue weighted by atomic mass is 10.0. The number of benzene rings is 8. The summed E-state index contributed by atoms with van der Waals surface area (Å²) in [6.07, 6.45) is 4.52. The number of hydrogen-bond acceptors (Lipinski definition) is 2. The predicted octanol–water partition coefficient (Wildman–Crippen LogP) is 13.1. The number of aliphatic imine (C=N–C) groups is 1. The Kier molecular flexibility index (Phi) is 9.76. The van der Waals surface area contributed by atoms with Gasteiger partial charge in [0.1, 0.15) is 5.84 Å². The number of fused-ring (bicyclic) bond motifs is 6. The van der Waals surface area contributed by atoms with Crippen LogP contribution in [0.1, 0.15) is 27.8 Å². The summed E-state index contributed by atoms with van der Waals surface area (Å²) in [7, 11) is 0. The zero-order valence-electron chi connectivity index (χ0n) is 32.1. The number of aryl methyl sites for hydroxylation is 1. The fraction of sp³-hybridized carbons (Fsp3) is 0.0189. The number of anilines is 3. The lowest BCUT2D eigenvalue weighted by Crippen LogP contribution is -2.15. The Hall–Kier alpha value is -7.76. The summed E-state index contributed by atoms with van der Waals surface area (Å²) in [5.41, 5.74) is 20.2. The number of para-hydroxylation sites is 3. The molecule has 0 bridgehead atoms. The number of amidine groups is 2. The van der Waals surface area contributed by atoms with Crippen molar-refractivity contribution in [3.8, 4) is 16.8 Å². The zero-order chi connectivity index (χ0) is 39.4. The molecule has 0 aliphatic carbocycles. The van der Waals surface area contributed by atoms with Gasteiger partial charge in [-0.05, 0) is 78.2 Å². The Morgan fingerprint density at radius 2 is 1.14 bits per heavy atom. The second-order valence-electron chi connectivity index (χ2n) is 14.3. The number of aromatic nitrogens is 1. The molecule has 0 saturated heterocycles. The minimum Gasteiger partial charge on any atom is -0.383 e. The Morgan fingerprint density at radius 1 is 0.517 bits per heavy atom. The molecule has 1 aliphatic rings. The Morgan fingerprint density at radius 3 is 1.90 bits per heavy atom. The first kappa shape index (κ1) is 35.9. The first-order valence-corrected chi connectivity index (χ1v) is 19.4. The van der Waals surface area contributed by atoms with E-state index in [1.807, 2.05) is 66.7 Å². The van der Waals surface area contributed by atoms with Gasteiger partial charge in [-0.2, -0.15) is 0 Å². The van der Waals surface area contributed by atoms with Crippen LogP contribution in [0.2, 0.25) is 0 Å². The van der Waals surface area contributed by atoms with Gasteiger partial charge in [-0.3, -0.25) is 5.41 Å². The van der Waals surface area contributed by atoms with E-state index < -0.39 is 0 Å². The van der Waals surface area contributed by atoms with Crippen LogP contribution in [-0.4, -0.2) is 16.2 Å². The van der Waals surface area contributed by atoms with Crippen LogP contribution in [0.25, 0.3) is 50.8 Å². The summed E-state index contributed by atoms with van der Waals surface area (Å²) >= 11 is 0. The van der Waals surface area contributed by atoms with Gasteiger partial charge < -0.3 is 15.2 Å². The molecule has 58 heavy (non-hydrogen) atoms. The van der Waals surface area contributed by atoms with Crippen molar-refractivity contribution in [2.24, 2.45) is 10.7 Å². The highest BCUT2D eigenvalue weighted by molar-refractivity contribution is 6.17. The first-order chi connectivity index (χ1) is 28.5. The second-order valence-corrected chi connectivity index (χ2v) is 14.3. The smallest absolute Gasteiger partial charge is 0.154 e. The molecule has 5 heteroatoms. The minimum absolute atomic E-state index is 0.122. The maximum absolute atomic E-state index is 8.73. The van der Waals surface area contributed by atoms with Gasteiger partial charge in [0, 0.05) is 38.8 Å². The minimum atomic E-state index is 0.122. The molecule has 0 radical (unpaired) electrons. The van der Waals surface area contributed by atoms with Gasteiger partial charge in [-0.25, -0.2) is 4.99 Å². The topological polar surface area (TPSA) is 70.4 Å². The Bertz CT molecular complexity index is 2980. The molecule has 1 aliphatic heterocycles. The van der Waals surface area contributed by atoms with Crippen LogP contribution in [0, 0.1) is 12.3 Å². The molecule has 0 amide bonds. The van der Waals surface area contributed by atoms with E-state index in [0.717, 1.165) is 50.5 Å². The van der Waals surface area contributed by atoms with E-state index in [4.69, 9.17) is 11.1 Å². The maximum atomic E-state index is 8.73. The molecule has 0 saturated carbocycles. The fourth-order valence-electron chi connectivity index (χ4n) is 7.77. The van der Waals surface area contributed by atoms with Gasteiger partial charge in [0.05, 0.1) is 22.4 Å². The summed E-state index contributed by atoms with van der Waals surface area (Å²) in [4.78, 5) is 6.80. The van der Waals surface area contributed by atoms with Gasteiger partial charge in [0.25, 0.3) is 0 Å². The summed E-state index contributed by atoms with van der Waals surface area (Å²) in [6.45, 7) is 2.08. The predicted molar refractivity (Wildman–Crippen MR) is 245 cm³/mol. The third kappa shape index (κ3) is 6.97. The van der Waals surface area contributed by atoms with Crippen LogP contribution in [0.5, 0.6) is 0 Å². The van der Waals surface area contributed by atoms with Gasteiger partial charge in [-0.15, -0.1) is 0 Å². The number of nitrogens with zero attached hydrogens (tertiary/aromatic N) is 3. The van der Waals surface area contributed by atoms with E-state index in [1.54, 1.807) is 0 Å². The largest absolute Gasteiger partial charge is 0.383 e. The monoisotopic (exact) mass is 747 g/mol. The molecular formula is C53H41N5. The highest BCUT2D eigenvalue weighted by Gasteiger charge is 2.24. The molecule has 3 N–H and O–H groups in total. The molecule has 278 valence electrons. The number of nitrogens with two attached hydrogens (primary N) is 1. The second kappa shape index (κ2) is 15.8. The maximum Gasteiger partial charge on any atom is 0.154 e. The van der Waals surface area contributed by atoms with E-state index in [-0.39, 0.29) is 5.84 Å². The molecule has 0 spiro atoms. The summed E-state index contributed by atoms with van der Waals surface area (Å²) < 4.78 is 2.37. The van der Waals surface area contributed by atoms with Crippen LogP contribution < -0.4 is 10.6 Å². The molecule has 8 aromatic carbocycles. The molecule has 9 aromatic rings. The summed E-state index contributed by atoms with van der Waals surface area (Å²) in [6, 6.07) is 68.8. The standard InChI is InChI=1S/C46H33N5.C7H8/c47-45(32-14-3-1-4-15-32)49-46(48)35-18-11-16-33(29-35)34-17-12-21-37(30-34)51-41-24-10-8-22-38(41)44-39-26-25-31-13-7-9-23-40(31)50(36-19-5-2-6-20-36)42(39)27-28-43(44)51;1-7-5-3-2-4-6-7/h1-30H,(H3,47,48,49);2-6H,1H3. The van der Waals surface area contributed by atoms with Gasteiger partial charge >= 0.3 is 0 Å². The lowest BCUT2D eigenvalue weighted by Gasteiger charge is -2.27. The normalized spacial score (nSPS) is 12.0. The van der Waals surface area contributed by atoms with Crippen molar-refractivity contribution >= 4 is 62.7 Å². The first-order valence-electron chi connectivity index (χ1n) is 19.4. The molecule has 1 aromatic heterocycles. The molecular weight excluding hydrogens is 707 g/mol. The highest BCUT2D eigenvalue weighted by atomic mass is 15.1. The molecule has 0 unspecified atom stereocenters. The van der Waals surface area contributed by atoms with E-state index in [2.05, 4.69) is 167 Å². The average Bonchev–Trinajstić information content (AvgIpc) is 3.52. The third-order valence-electron chi connectivity index (χ3n) is 10.5. The van der Waals surface area contributed by atoms with Crippen LogP contribution in [0.15, 0.2) is 205 Å². The number of rotatable bonds is 5. The SMILES string of the molecule is Cc1ccccc1.N=C(N=C(N)c1ccccc1)c1cccc(-c2cccc(-n3c4ccccc4c4c5c(ccc43)N(c3ccccc3)c3ccccc3C=C5)c2)c1. The Balaban J connectivity index is 0.000000565. The molecule has 10 rings (SSSR count). The average molecular weight is 748 g/mol. The van der Waals surface area contributed by atoms with Crippen molar-refractivity contribution in [3.05, 3.63) is 228 Å². The van der Waals surface area contributed by atoms with Crippen LogP contribution in [-0.2, 0) is 0 Å². The van der Waals surface area contributed by atoms with E-state index in [1.165, 1.54) is 27.5 Å². The van der Waals surface area contributed by atoms with Gasteiger partial charge in [0.15, 0.2) is 5.84 Å².